The fourth-order valence-electron chi connectivity index (χ4n) is 1.32. The van der Waals surface area contributed by atoms with E-state index in [0.717, 1.165) is 5.69 Å². The number of nitrogens with one attached hydrogen (secondary N) is 1. The summed E-state index contributed by atoms with van der Waals surface area (Å²) in [6, 6.07) is 13.8. The summed E-state index contributed by atoms with van der Waals surface area (Å²) in [6.07, 6.45) is 0. The molecule has 15 heavy (non-hydrogen) atoms. The van der Waals surface area contributed by atoms with E-state index in [1.54, 1.807) is 6.07 Å². The maximum absolute atomic E-state index is 13.3. The molecule has 0 radical (unpaired) electrons. The third-order valence-electron chi connectivity index (χ3n) is 2.04. The summed E-state index contributed by atoms with van der Waals surface area (Å²) in [4.78, 5) is 0. The maximum Gasteiger partial charge on any atom is 0.146 e. The minimum absolute atomic E-state index is 0.312. The number of halogens is 1. The standard InChI is InChI=1S/C12H11FN2/c13-11-7-6-9(14)8-12(11)15-10-4-2-1-3-5-10/h1-8,15H,14H2. The molecule has 3 heteroatoms. The molecule has 0 saturated heterocycles. The van der Waals surface area contributed by atoms with Gasteiger partial charge < -0.3 is 11.1 Å². The van der Waals surface area contributed by atoms with E-state index in [4.69, 9.17) is 5.73 Å². The van der Waals surface area contributed by atoms with Crippen LogP contribution in [0, 0.1) is 5.82 Å². The first kappa shape index (κ1) is 9.52. The molecule has 3 N–H and O–H groups in total. The van der Waals surface area contributed by atoms with Gasteiger partial charge in [-0.15, -0.1) is 0 Å². The number of nitrogen functional groups attached to an aromatic ring is 1. The summed E-state index contributed by atoms with van der Waals surface area (Å²) in [5.74, 6) is -0.312. The van der Waals surface area contributed by atoms with Crippen LogP contribution in [-0.4, -0.2) is 0 Å². The van der Waals surface area contributed by atoms with Gasteiger partial charge in [-0.05, 0) is 30.3 Å². The van der Waals surface area contributed by atoms with Gasteiger partial charge in [0, 0.05) is 11.4 Å². The van der Waals surface area contributed by atoms with Gasteiger partial charge in [0.05, 0.1) is 5.69 Å². The zero-order chi connectivity index (χ0) is 10.7. The molecule has 2 aromatic carbocycles. The number of nitrogens with two attached hydrogens (primary N) is 1. The van der Waals surface area contributed by atoms with Crippen LogP contribution in [0.5, 0.6) is 0 Å². The largest absolute Gasteiger partial charge is 0.399 e. The Kier molecular flexibility index (Phi) is 2.54. The van der Waals surface area contributed by atoms with E-state index in [-0.39, 0.29) is 5.82 Å². The summed E-state index contributed by atoms with van der Waals surface area (Å²) in [7, 11) is 0. The van der Waals surface area contributed by atoms with E-state index in [2.05, 4.69) is 5.32 Å². The highest BCUT2D eigenvalue weighted by Gasteiger charge is 2.01. The second-order valence-electron chi connectivity index (χ2n) is 3.23. The third kappa shape index (κ3) is 2.26. The van der Waals surface area contributed by atoms with Crippen LogP contribution in [0.15, 0.2) is 48.5 Å². The van der Waals surface area contributed by atoms with Crippen molar-refractivity contribution in [2.75, 3.05) is 11.1 Å². The van der Waals surface area contributed by atoms with Gasteiger partial charge in [-0.1, -0.05) is 18.2 Å². The predicted octanol–water partition coefficient (Wildman–Crippen LogP) is 3.15. The topological polar surface area (TPSA) is 38.0 Å². The number of benzene rings is 2. The van der Waals surface area contributed by atoms with Crippen molar-refractivity contribution in [1.82, 2.24) is 0 Å². The first-order valence-electron chi connectivity index (χ1n) is 4.63. The smallest absolute Gasteiger partial charge is 0.146 e. The van der Waals surface area contributed by atoms with Crippen molar-refractivity contribution in [2.45, 2.75) is 0 Å². The average molecular weight is 202 g/mol. The van der Waals surface area contributed by atoms with E-state index in [1.165, 1.54) is 12.1 Å². The molecule has 76 valence electrons. The minimum atomic E-state index is -0.312. The Morgan fingerprint density at radius 3 is 2.47 bits per heavy atom. The van der Waals surface area contributed by atoms with Crippen molar-refractivity contribution >= 4 is 17.1 Å². The van der Waals surface area contributed by atoms with Crippen molar-refractivity contribution in [3.8, 4) is 0 Å². The number of anilines is 3. The lowest BCUT2D eigenvalue weighted by Crippen LogP contribution is -1.95. The molecule has 0 atom stereocenters. The molecule has 0 saturated carbocycles. The van der Waals surface area contributed by atoms with Crippen LogP contribution in [-0.2, 0) is 0 Å². The van der Waals surface area contributed by atoms with Crippen molar-refractivity contribution in [3.63, 3.8) is 0 Å². The first-order chi connectivity index (χ1) is 7.25. The zero-order valence-corrected chi connectivity index (χ0v) is 8.07. The van der Waals surface area contributed by atoms with Crippen LogP contribution in [0.3, 0.4) is 0 Å². The van der Waals surface area contributed by atoms with Gasteiger partial charge in [0.2, 0.25) is 0 Å². The highest BCUT2D eigenvalue weighted by Crippen LogP contribution is 2.21. The van der Waals surface area contributed by atoms with Crippen molar-refractivity contribution in [3.05, 3.63) is 54.3 Å². The molecule has 0 heterocycles. The molecule has 0 unspecified atom stereocenters. The first-order valence-corrected chi connectivity index (χ1v) is 4.63. The van der Waals surface area contributed by atoms with Gasteiger partial charge in [0.1, 0.15) is 5.82 Å². The Labute approximate surface area is 87.5 Å². The van der Waals surface area contributed by atoms with Gasteiger partial charge in [-0.3, -0.25) is 0 Å². The number of para-hydroxylation sites is 1. The Bertz CT molecular complexity index is 454. The Balaban J connectivity index is 2.28. The fraction of sp³-hybridized carbons (Fsp3) is 0. The molecule has 0 aliphatic heterocycles. The van der Waals surface area contributed by atoms with Crippen LogP contribution in [0.2, 0.25) is 0 Å². The number of hydrogen-bond acceptors (Lipinski definition) is 2. The molecule has 0 aromatic heterocycles. The second-order valence-corrected chi connectivity index (χ2v) is 3.23. The Hall–Kier alpha value is -2.03. The van der Waals surface area contributed by atoms with Crippen molar-refractivity contribution in [2.24, 2.45) is 0 Å². The van der Waals surface area contributed by atoms with Gasteiger partial charge in [0.15, 0.2) is 0 Å². The van der Waals surface area contributed by atoms with Crippen LogP contribution < -0.4 is 11.1 Å². The van der Waals surface area contributed by atoms with E-state index in [0.29, 0.717) is 11.4 Å². The van der Waals surface area contributed by atoms with E-state index in [1.807, 2.05) is 30.3 Å². The summed E-state index contributed by atoms with van der Waals surface area (Å²) in [5.41, 5.74) is 7.34. The van der Waals surface area contributed by atoms with Gasteiger partial charge in [-0.25, -0.2) is 4.39 Å². The molecule has 0 spiro atoms. The SMILES string of the molecule is Nc1ccc(F)c(Nc2ccccc2)c1. The molecule has 0 aliphatic carbocycles. The maximum atomic E-state index is 13.3. The highest BCUT2D eigenvalue weighted by molar-refractivity contribution is 5.64. The lowest BCUT2D eigenvalue weighted by atomic mass is 10.2. The summed E-state index contributed by atoms with van der Waals surface area (Å²) in [6.45, 7) is 0. The average Bonchev–Trinajstić information content (AvgIpc) is 2.25. The molecule has 2 nitrogen and oxygen atoms in total. The number of rotatable bonds is 2. The normalized spacial score (nSPS) is 9.93. The third-order valence-corrected chi connectivity index (χ3v) is 2.04. The predicted molar refractivity (Wildman–Crippen MR) is 60.5 cm³/mol. The Morgan fingerprint density at radius 1 is 1.00 bits per heavy atom. The second kappa shape index (κ2) is 4.00. The molecule has 2 rings (SSSR count). The monoisotopic (exact) mass is 202 g/mol. The molecule has 0 amide bonds. The zero-order valence-electron chi connectivity index (χ0n) is 8.07. The van der Waals surface area contributed by atoms with Crippen molar-refractivity contribution in [1.29, 1.82) is 0 Å². The van der Waals surface area contributed by atoms with E-state index in [9.17, 15) is 4.39 Å². The Morgan fingerprint density at radius 2 is 1.73 bits per heavy atom. The van der Waals surface area contributed by atoms with Gasteiger partial charge >= 0.3 is 0 Å². The quantitative estimate of drug-likeness (QED) is 0.734. The minimum Gasteiger partial charge on any atom is -0.399 e. The molecule has 0 bridgehead atoms. The molecule has 2 aromatic rings. The molecular formula is C12H11FN2. The van der Waals surface area contributed by atoms with Crippen LogP contribution >= 0.6 is 0 Å². The van der Waals surface area contributed by atoms with Gasteiger partial charge in [-0.2, -0.15) is 0 Å². The summed E-state index contributed by atoms with van der Waals surface area (Å²) in [5, 5.41) is 2.96. The lowest BCUT2D eigenvalue weighted by Gasteiger charge is -2.07. The van der Waals surface area contributed by atoms with Gasteiger partial charge in [0.25, 0.3) is 0 Å². The van der Waals surface area contributed by atoms with E-state index < -0.39 is 0 Å². The summed E-state index contributed by atoms with van der Waals surface area (Å²) >= 11 is 0. The van der Waals surface area contributed by atoms with E-state index >= 15 is 0 Å². The van der Waals surface area contributed by atoms with Crippen molar-refractivity contribution < 1.29 is 4.39 Å². The number of hydrogen-bond donors (Lipinski definition) is 2. The lowest BCUT2D eigenvalue weighted by molar-refractivity contribution is 0.632. The summed E-state index contributed by atoms with van der Waals surface area (Å²) < 4.78 is 13.3. The van der Waals surface area contributed by atoms with Crippen LogP contribution in [0.4, 0.5) is 21.5 Å². The molecule has 0 aliphatic rings. The molecular weight excluding hydrogens is 191 g/mol. The fourth-order valence-corrected chi connectivity index (χ4v) is 1.32. The molecule has 0 fully saturated rings. The highest BCUT2D eigenvalue weighted by atomic mass is 19.1. The van der Waals surface area contributed by atoms with Crippen LogP contribution in [0.1, 0.15) is 0 Å². The van der Waals surface area contributed by atoms with Crippen LogP contribution in [0.25, 0.3) is 0 Å².